The number of piperidine rings is 1. The van der Waals surface area contributed by atoms with Crippen LogP contribution in [-0.2, 0) is 11.2 Å². The first-order chi connectivity index (χ1) is 13.0. The molecule has 1 aromatic heterocycles. The molecule has 0 saturated carbocycles. The quantitative estimate of drug-likeness (QED) is 0.864. The number of amides is 1. The molecule has 6 nitrogen and oxygen atoms in total. The van der Waals surface area contributed by atoms with Crippen LogP contribution in [0.4, 0.5) is 15.8 Å². The van der Waals surface area contributed by atoms with Gasteiger partial charge >= 0.3 is 0 Å². The number of nitrogens with zero attached hydrogens (tertiary/aromatic N) is 2. The predicted molar refractivity (Wildman–Crippen MR) is 99.5 cm³/mol. The van der Waals surface area contributed by atoms with Crippen molar-refractivity contribution in [2.75, 3.05) is 29.9 Å². The van der Waals surface area contributed by atoms with E-state index in [1.165, 1.54) is 6.07 Å². The average molecular weight is 371 g/mol. The van der Waals surface area contributed by atoms with E-state index < -0.39 is 11.4 Å². The fourth-order valence-corrected chi connectivity index (χ4v) is 3.64. The Balaban J connectivity index is 1.41. The number of pyridine rings is 1. The third kappa shape index (κ3) is 3.73. The molecule has 0 atom stereocenters. The van der Waals surface area contributed by atoms with E-state index in [0.717, 1.165) is 5.69 Å². The molecule has 3 heterocycles. The van der Waals surface area contributed by atoms with E-state index in [2.05, 4.69) is 15.2 Å². The smallest absolute Gasteiger partial charge is 0.224 e. The van der Waals surface area contributed by atoms with Crippen molar-refractivity contribution in [1.29, 1.82) is 0 Å². The Kier molecular flexibility index (Phi) is 4.70. The van der Waals surface area contributed by atoms with Crippen LogP contribution in [0.25, 0.3) is 0 Å². The molecule has 2 aliphatic rings. The molecule has 1 amide bonds. The van der Waals surface area contributed by atoms with Gasteiger partial charge in [-0.3, -0.25) is 9.78 Å². The van der Waals surface area contributed by atoms with Gasteiger partial charge in [-0.25, -0.2) is 4.39 Å². The molecule has 4 rings (SSSR count). The first-order valence-corrected chi connectivity index (χ1v) is 9.15. The molecule has 142 valence electrons. The van der Waals surface area contributed by atoms with Gasteiger partial charge in [-0.2, -0.15) is 0 Å². The summed E-state index contributed by atoms with van der Waals surface area (Å²) < 4.78 is 19.8. The molecule has 7 heteroatoms. The lowest BCUT2D eigenvalue weighted by molar-refractivity contribution is -0.116. The predicted octanol–water partition coefficient (Wildman–Crippen LogP) is 2.52. The van der Waals surface area contributed by atoms with Crippen molar-refractivity contribution in [1.82, 2.24) is 4.98 Å². The molecule has 0 aliphatic carbocycles. The van der Waals surface area contributed by atoms with Gasteiger partial charge in [0, 0.05) is 31.3 Å². The lowest BCUT2D eigenvalue weighted by atomic mass is 9.92. The van der Waals surface area contributed by atoms with Gasteiger partial charge in [0.1, 0.15) is 23.8 Å². The molecular formula is C20H22FN3O3. The van der Waals surface area contributed by atoms with Crippen molar-refractivity contribution < 1.29 is 19.0 Å². The van der Waals surface area contributed by atoms with Crippen molar-refractivity contribution in [2.45, 2.75) is 31.3 Å². The highest BCUT2D eigenvalue weighted by atomic mass is 19.1. The summed E-state index contributed by atoms with van der Waals surface area (Å²) in [5.74, 6) is -0.136. The topological polar surface area (TPSA) is 74.7 Å². The molecule has 0 unspecified atom stereocenters. The second kappa shape index (κ2) is 7.15. The van der Waals surface area contributed by atoms with Crippen molar-refractivity contribution >= 4 is 17.3 Å². The number of nitrogens with one attached hydrogen (secondary N) is 1. The number of halogens is 1. The number of fused-ring (bicyclic) bond motifs is 1. The van der Waals surface area contributed by atoms with Crippen LogP contribution >= 0.6 is 0 Å². The zero-order chi connectivity index (χ0) is 18.9. The van der Waals surface area contributed by atoms with Crippen LogP contribution in [0.3, 0.4) is 0 Å². The van der Waals surface area contributed by atoms with E-state index in [4.69, 9.17) is 4.74 Å². The Morgan fingerprint density at radius 2 is 2.07 bits per heavy atom. The van der Waals surface area contributed by atoms with Gasteiger partial charge in [0.2, 0.25) is 5.91 Å². The number of carbonyl (C=O) groups is 1. The Bertz CT molecular complexity index is 836. The Labute approximate surface area is 157 Å². The summed E-state index contributed by atoms with van der Waals surface area (Å²) in [7, 11) is 0. The van der Waals surface area contributed by atoms with Crippen LogP contribution in [0, 0.1) is 5.82 Å². The first kappa shape index (κ1) is 17.7. The Morgan fingerprint density at radius 1 is 1.26 bits per heavy atom. The van der Waals surface area contributed by atoms with Crippen LogP contribution in [0.15, 0.2) is 36.7 Å². The maximum atomic E-state index is 14.0. The molecule has 1 fully saturated rings. The fourth-order valence-electron chi connectivity index (χ4n) is 3.64. The number of aliphatic hydroxyl groups is 1. The van der Waals surface area contributed by atoms with Crippen LogP contribution in [-0.4, -0.2) is 41.3 Å². The van der Waals surface area contributed by atoms with Gasteiger partial charge in [-0.05, 0) is 43.5 Å². The summed E-state index contributed by atoms with van der Waals surface area (Å²) in [5.41, 5.74) is 0.967. The van der Waals surface area contributed by atoms with Crippen molar-refractivity contribution in [3.8, 4) is 5.75 Å². The van der Waals surface area contributed by atoms with Crippen molar-refractivity contribution in [3.05, 3.63) is 48.0 Å². The third-order valence-electron chi connectivity index (χ3n) is 5.29. The third-order valence-corrected chi connectivity index (χ3v) is 5.29. The van der Waals surface area contributed by atoms with Gasteiger partial charge in [-0.1, -0.05) is 0 Å². The van der Waals surface area contributed by atoms with Gasteiger partial charge in [0.25, 0.3) is 0 Å². The number of aromatic nitrogens is 1. The van der Waals surface area contributed by atoms with Crippen molar-refractivity contribution in [3.63, 3.8) is 0 Å². The number of anilines is 2. The van der Waals surface area contributed by atoms with E-state index >= 15 is 0 Å². The van der Waals surface area contributed by atoms with Crippen LogP contribution in [0.1, 0.15) is 24.8 Å². The highest BCUT2D eigenvalue weighted by molar-refractivity contribution is 5.94. The Hall–Kier alpha value is -2.67. The summed E-state index contributed by atoms with van der Waals surface area (Å²) in [4.78, 5) is 17.9. The number of hydrogen-bond donors (Lipinski definition) is 2. The molecule has 0 spiro atoms. The SMILES string of the molecule is O=C1CCc2c(OCC3(O)CCN(c4cccnc4)CC3)ccc(F)c2N1. The molecular weight excluding hydrogens is 349 g/mol. The first-order valence-electron chi connectivity index (χ1n) is 9.15. The zero-order valence-corrected chi connectivity index (χ0v) is 14.9. The Morgan fingerprint density at radius 3 is 2.81 bits per heavy atom. The van der Waals surface area contributed by atoms with E-state index in [0.29, 0.717) is 50.1 Å². The molecule has 27 heavy (non-hydrogen) atoms. The summed E-state index contributed by atoms with van der Waals surface area (Å²) in [6, 6.07) is 6.76. The normalized spacial score (nSPS) is 18.6. The molecule has 1 aromatic carbocycles. The highest BCUT2D eigenvalue weighted by Crippen LogP contribution is 2.35. The number of hydrogen-bond acceptors (Lipinski definition) is 5. The minimum Gasteiger partial charge on any atom is -0.490 e. The van der Waals surface area contributed by atoms with Crippen LogP contribution in [0.2, 0.25) is 0 Å². The fraction of sp³-hybridized carbons (Fsp3) is 0.400. The van der Waals surface area contributed by atoms with Crippen molar-refractivity contribution in [2.24, 2.45) is 0 Å². The van der Waals surface area contributed by atoms with E-state index in [-0.39, 0.29) is 18.2 Å². The van der Waals surface area contributed by atoms with E-state index in [1.54, 1.807) is 12.3 Å². The van der Waals surface area contributed by atoms with Gasteiger partial charge < -0.3 is 20.1 Å². The number of ether oxygens (including phenoxy) is 1. The summed E-state index contributed by atoms with van der Waals surface area (Å²) >= 11 is 0. The van der Waals surface area contributed by atoms with Gasteiger partial charge in [-0.15, -0.1) is 0 Å². The maximum absolute atomic E-state index is 14.0. The summed E-state index contributed by atoms with van der Waals surface area (Å²) in [5, 5.41) is 13.5. The monoisotopic (exact) mass is 371 g/mol. The standard InChI is InChI=1S/C20H22FN3O3/c21-16-4-5-17(15-3-6-18(25)23-19(15)16)27-13-20(26)7-10-24(11-8-20)14-2-1-9-22-12-14/h1-2,4-5,9,12,26H,3,6-8,10-11,13H2,(H,23,25). The van der Waals surface area contributed by atoms with E-state index in [9.17, 15) is 14.3 Å². The van der Waals surface area contributed by atoms with Crippen LogP contribution < -0.4 is 15.0 Å². The molecule has 2 aromatic rings. The molecule has 1 saturated heterocycles. The number of benzene rings is 1. The number of rotatable bonds is 4. The molecule has 2 aliphatic heterocycles. The summed E-state index contributed by atoms with van der Waals surface area (Å²) in [6.45, 7) is 1.56. The largest absolute Gasteiger partial charge is 0.490 e. The summed E-state index contributed by atoms with van der Waals surface area (Å²) in [6.07, 6.45) is 5.44. The van der Waals surface area contributed by atoms with Gasteiger partial charge in [0.05, 0.1) is 17.6 Å². The number of carbonyl (C=O) groups excluding carboxylic acids is 1. The lowest BCUT2D eigenvalue weighted by Crippen LogP contribution is -2.48. The van der Waals surface area contributed by atoms with Crippen LogP contribution in [0.5, 0.6) is 5.75 Å². The molecule has 0 radical (unpaired) electrons. The zero-order valence-electron chi connectivity index (χ0n) is 14.9. The molecule has 0 bridgehead atoms. The van der Waals surface area contributed by atoms with Gasteiger partial charge in [0.15, 0.2) is 0 Å². The second-order valence-corrected chi connectivity index (χ2v) is 7.16. The second-order valence-electron chi connectivity index (χ2n) is 7.16. The molecule has 2 N–H and O–H groups in total. The highest BCUT2D eigenvalue weighted by Gasteiger charge is 2.34. The lowest BCUT2D eigenvalue weighted by Gasteiger charge is -2.39. The minimum atomic E-state index is -0.933. The van der Waals surface area contributed by atoms with E-state index in [1.807, 2.05) is 18.3 Å². The average Bonchev–Trinajstić information content (AvgIpc) is 2.69. The minimum absolute atomic E-state index is 0.139. The maximum Gasteiger partial charge on any atom is 0.224 e.